The molecule has 0 saturated heterocycles. The topological polar surface area (TPSA) is 54.9 Å². The molecule has 0 aromatic carbocycles. The van der Waals surface area contributed by atoms with Gasteiger partial charge in [-0.25, -0.2) is 0 Å². The van der Waals surface area contributed by atoms with Crippen LogP contribution in [0.3, 0.4) is 0 Å². The van der Waals surface area contributed by atoms with Gasteiger partial charge in [0.2, 0.25) is 11.0 Å². The number of rotatable bonds is 2. The first-order valence-electron chi connectivity index (χ1n) is 3.98. The highest BCUT2D eigenvalue weighted by atomic mass is 79.9. The molecule has 7 heteroatoms. The molecule has 1 aromatic heterocycles. The number of amides is 1. The van der Waals surface area contributed by atoms with Crippen LogP contribution in [0.2, 0.25) is 0 Å². The molecule has 1 unspecified atom stereocenters. The van der Waals surface area contributed by atoms with Crippen molar-refractivity contribution in [1.82, 2.24) is 10.2 Å². The highest BCUT2D eigenvalue weighted by molar-refractivity contribution is 9.25. The van der Waals surface area contributed by atoms with Crippen LogP contribution in [0.1, 0.15) is 11.4 Å². The summed E-state index contributed by atoms with van der Waals surface area (Å²) in [7, 11) is 0. The van der Waals surface area contributed by atoms with Crippen molar-refractivity contribution < 1.29 is 4.79 Å². The Morgan fingerprint density at radius 2 is 2.29 bits per heavy atom. The number of carbonyl (C=O) groups is 1. The van der Waals surface area contributed by atoms with E-state index in [-0.39, 0.29) is 15.1 Å². The second-order valence-corrected chi connectivity index (χ2v) is 8.21. The number of anilines is 1. The van der Waals surface area contributed by atoms with Crippen molar-refractivity contribution in [2.75, 3.05) is 5.32 Å². The van der Waals surface area contributed by atoms with Gasteiger partial charge in [0.05, 0.1) is 9.15 Å². The summed E-state index contributed by atoms with van der Waals surface area (Å²) in [4.78, 5) is 11.6. The summed E-state index contributed by atoms with van der Waals surface area (Å²) >= 11 is 8.17. The fourth-order valence-electron chi connectivity index (χ4n) is 1.04. The summed E-state index contributed by atoms with van der Waals surface area (Å²) in [5, 5.41) is 11.8. The van der Waals surface area contributed by atoms with E-state index in [4.69, 9.17) is 0 Å². The monoisotopic (exact) mass is 339 g/mol. The number of nitrogens with one attached hydrogen (secondary N) is 1. The van der Waals surface area contributed by atoms with Crippen LogP contribution in [0, 0.1) is 12.8 Å². The van der Waals surface area contributed by atoms with Crippen molar-refractivity contribution >= 4 is 54.2 Å². The number of hydrogen-bond donors (Lipinski definition) is 1. The molecule has 1 saturated carbocycles. The summed E-state index contributed by atoms with van der Waals surface area (Å²) in [5.41, 5.74) is 0. The molecule has 1 aliphatic carbocycles. The van der Waals surface area contributed by atoms with Crippen molar-refractivity contribution in [2.45, 2.75) is 16.6 Å². The van der Waals surface area contributed by atoms with Gasteiger partial charge in [-0.2, -0.15) is 0 Å². The molecular formula is C7H7Br2N3OS. The Bertz CT molecular complexity index is 379. The summed E-state index contributed by atoms with van der Waals surface area (Å²) < 4.78 is -0.205. The fourth-order valence-corrected chi connectivity index (χ4v) is 2.70. The van der Waals surface area contributed by atoms with Gasteiger partial charge in [0.15, 0.2) is 0 Å². The minimum atomic E-state index is -0.205. The van der Waals surface area contributed by atoms with Crippen LogP contribution in [0.4, 0.5) is 5.13 Å². The van der Waals surface area contributed by atoms with E-state index in [1.807, 2.05) is 6.92 Å². The molecule has 0 aliphatic heterocycles. The second kappa shape index (κ2) is 3.53. The third-order valence-corrected chi connectivity index (χ3v) is 4.41. The minimum Gasteiger partial charge on any atom is -0.300 e. The smallest absolute Gasteiger partial charge is 0.231 e. The molecule has 1 heterocycles. The summed E-state index contributed by atoms with van der Waals surface area (Å²) in [6.07, 6.45) is 0.802. The van der Waals surface area contributed by atoms with Gasteiger partial charge in [0.25, 0.3) is 0 Å². The highest BCUT2D eigenvalue weighted by Crippen LogP contribution is 2.56. The maximum Gasteiger partial charge on any atom is 0.231 e. The van der Waals surface area contributed by atoms with E-state index in [0.717, 1.165) is 11.4 Å². The molecule has 1 aromatic rings. The Labute approximate surface area is 102 Å². The van der Waals surface area contributed by atoms with E-state index in [1.165, 1.54) is 11.3 Å². The summed E-state index contributed by atoms with van der Waals surface area (Å²) in [6.45, 7) is 1.85. The van der Waals surface area contributed by atoms with Gasteiger partial charge in [-0.3, -0.25) is 4.79 Å². The van der Waals surface area contributed by atoms with Crippen molar-refractivity contribution in [3.05, 3.63) is 5.01 Å². The number of alkyl halides is 2. The zero-order chi connectivity index (χ0) is 10.3. The van der Waals surface area contributed by atoms with Gasteiger partial charge >= 0.3 is 0 Å². The molecule has 1 amide bonds. The van der Waals surface area contributed by atoms with E-state index >= 15 is 0 Å². The Morgan fingerprint density at radius 3 is 2.71 bits per heavy atom. The first-order chi connectivity index (χ1) is 6.49. The molecule has 4 nitrogen and oxygen atoms in total. The van der Waals surface area contributed by atoms with Gasteiger partial charge in [-0.15, -0.1) is 10.2 Å². The molecule has 0 radical (unpaired) electrons. The van der Waals surface area contributed by atoms with Crippen LogP contribution >= 0.6 is 43.2 Å². The van der Waals surface area contributed by atoms with Crippen molar-refractivity contribution in [1.29, 1.82) is 0 Å². The van der Waals surface area contributed by atoms with E-state index in [0.29, 0.717) is 5.13 Å². The molecule has 14 heavy (non-hydrogen) atoms. The third-order valence-electron chi connectivity index (χ3n) is 1.90. The predicted molar refractivity (Wildman–Crippen MR) is 62.0 cm³/mol. The van der Waals surface area contributed by atoms with Crippen molar-refractivity contribution in [3.63, 3.8) is 0 Å². The van der Waals surface area contributed by atoms with Crippen molar-refractivity contribution in [3.8, 4) is 0 Å². The summed E-state index contributed by atoms with van der Waals surface area (Å²) in [5.74, 6) is -0.0402. The van der Waals surface area contributed by atoms with Crippen LogP contribution in [0.15, 0.2) is 0 Å². The van der Waals surface area contributed by atoms with Crippen LogP contribution in [-0.4, -0.2) is 19.3 Å². The summed E-state index contributed by atoms with van der Waals surface area (Å²) in [6, 6.07) is 0. The minimum absolute atomic E-state index is 0.0186. The molecule has 76 valence electrons. The molecule has 1 N–H and O–H groups in total. The third kappa shape index (κ3) is 2.14. The molecule has 1 fully saturated rings. The van der Waals surface area contributed by atoms with Crippen LogP contribution < -0.4 is 5.32 Å². The number of aromatic nitrogens is 2. The maximum atomic E-state index is 11.6. The molecule has 1 atom stereocenters. The van der Waals surface area contributed by atoms with Crippen LogP contribution in [0.25, 0.3) is 0 Å². The first kappa shape index (κ1) is 10.5. The van der Waals surface area contributed by atoms with E-state index in [2.05, 4.69) is 47.4 Å². The molecule has 2 rings (SSSR count). The van der Waals surface area contributed by atoms with Crippen LogP contribution in [0.5, 0.6) is 0 Å². The Balaban J connectivity index is 1.96. The van der Waals surface area contributed by atoms with Gasteiger partial charge in [0, 0.05) is 0 Å². The number of nitrogens with zero attached hydrogens (tertiary/aromatic N) is 2. The lowest BCUT2D eigenvalue weighted by Crippen LogP contribution is -2.16. The lowest BCUT2D eigenvalue weighted by Gasteiger charge is -1.99. The quantitative estimate of drug-likeness (QED) is 0.840. The van der Waals surface area contributed by atoms with Gasteiger partial charge in [-0.1, -0.05) is 43.2 Å². The number of aryl methyl sites for hydroxylation is 1. The lowest BCUT2D eigenvalue weighted by atomic mass is 10.4. The number of carbonyl (C=O) groups excluding carboxylic acids is 1. The van der Waals surface area contributed by atoms with Crippen molar-refractivity contribution in [2.24, 2.45) is 5.92 Å². The van der Waals surface area contributed by atoms with Crippen LogP contribution in [-0.2, 0) is 4.79 Å². The maximum absolute atomic E-state index is 11.6. The van der Waals surface area contributed by atoms with E-state index < -0.39 is 0 Å². The average molecular weight is 341 g/mol. The fraction of sp³-hybridized carbons (Fsp3) is 0.571. The van der Waals surface area contributed by atoms with Gasteiger partial charge in [0.1, 0.15) is 5.01 Å². The molecular weight excluding hydrogens is 334 g/mol. The van der Waals surface area contributed by atoms with Gasteiger partial charge in [-0.05, 0) is 13.3 Å². The zero-order valence-electron chi connectivity index (χ0n) is 7.25. The number of hydrogen-bond acceptors (Lipinski definition) is 4. The molecule has 0 bridgehead atoms. The second-order valence-electron chi connectivity index (χ2n) is 3.13. The van der Waals surface area contributed by atoms with Gasteiger partial charge < -0.3 is 5.32 Å². The first-order valence-corrected chi connectivity index (χ1v) is 6.38. The standard InChI is InChI=1S/C7H7Br2N3OS/c1-3-11-12-6(14-3)10-5(13)4-2-7(4,8)9/h4H,2H2,1H3,(H,10,12,13). The molecule has 1 aliphatic rings. The Hall–Kier alpha value is -0.0100. The SMILES string of the molecule is Cc1nnc(NC(=O)C2CC2(Br)Br)s1. The normalized spacial score (nSPS) is 23.2. The largest absolute Gasteiger partial charge is 0.300 e. The lowest BCUT2D eigenvalue weighted by molar-refractivity contribution is -0.117. The average Bonchev–Trinajstić information content (AvgIpc) is 2.51. The Morgan fingerprint density at radius 1 is 1.64 bits per heavy atom. The zero-order valence-corrected chi connectivity index (χ0v) is 11.2. The molecule has 0 spiro atoms. The Kier molecular flexibility index (Phi) is 2.65. The predicted octanol–water partition coefficient (Wildman–Crippen LogP) is 2.29. The van der Waals surface area contributed by atoms with E-state index in [1.54, 1.807) is 0 Å². The van der Waals surface area contributed by atoms with E-state index in [9.17, 15) is 4.79 Å². The number of halogens is 2. The highest BCUT2D eigenvalue weighted by Gasteiger charge is 2.55.